The minimum atomic E-state index is -0.442. The summed E-state index contributed by atoms with van der Waals surface area (Å²) in [5.41, 5.74) is 3.88. The van der Waals surface area contributed by atoms with Crippen molar-refractivity contribution in [2.45, 2.75) is 31.9 Å². The molecule has 2 fully saturated rings. The Labute approximate surface area is 195 Å². The number of hydrogen-bond donors (Lipinski definition) is 0. The standard InChI is InChI=1S/C24H22ClFN6O/c1-14-10-27-24-20(29-14)9-22(30-23(24)18-5-2-16(25)8-19(18)26)31-6-7-33-21(13-31)15-11-28-32(12-15)17-3-4-17/h2,5,8-12,17,21H,3-4,6-7,13H2,1H3/t21-/m1/s1. The number of pyridine rings is 1. The van der Waals surface area contributed by atoms with Gasteiger partial charge in [0.25, 0.3) is 0 Å². The first-order chi connectivity index (χ1) is 16.0. The molecule has 168 valence electrons. The van der Waals surface area contributed by atoms with Crippen LogP contribution in [0.15, 0.2) is 42.9 Å². The molecule has 1 saturated heterocycles. The molecular weight excluding hydrogens is 443 g/mol. The molecule has 0 amide bonds. The molecule has 1 aliphatic carbocycles. The van der Waals surface area contributed by atoms with Gasteiger partial charge in [0.05, 0.1) is 30.1 Å². The number of fused-ring (bicyclic) bond motifs is 1. The van der Waals surface area contributed by atoms with Gasteiger partial charge in [0.1, 0.15) is 28.9 Å². The fourth-order valence-electron chi connectivity index (χ4n) is 4.25. The first-order valence-electron chi connectivity index (χ1n) is 11.1. The highest BCUT2D eigenvalue weighted by atomic mass is 35.5. The highest BCUT2D eigenvalue weighted by Gasteiger charge is 2.29. The van der Waals surface area contributed by atoms with E-state index in [0.29, 0.717) is 53.1 Å². The number of rotatable bonds is 4. The normalized spacial score (nSPS) is 18.8. The molecule has 0 radical (unpaired) electrons. The summed E-state index contributed by atoms with van der Waals surface area (Å²) in [4.78, 5) is 16.2. The van der Waals surface area contributed by atoms with Crippen molar-refractivity contribution in [3.63, 3.8) is 0 Å². The quantitative estimate of drug-likeness (QED) is 0.428. The Bertz CT molecular complexity index is 1350. The number of hydrogen-bond acceptors (Lipinski definition) is 6. The summed E-state index contributed by atoms with van der Waals surface area (Å²) in [5, 5.41) is 4.84. The van der Waals surface area contributed by atoms with Crippen molar-refractivity contribution < 1.29 is 9.13 Å². The number of aromatic nitrogens is 5. The number of morpholine rings is 1. The van der Waals surface area contributed by atoms with Crippen molar-refractivity contribution in [1.29, 1.82) is 0 Å². The Hall–Kier alpha value is -3.10. The van der Waals surface area contributed by atoms with Crippen molar-refractivity contribution in [3.05, 3.63) is 65.0 Å². The van der Waals surface area contributed by atoms with E-state index in [1.54, 1.807) is 18.3 Å². The number of nitrogens with zero attached hydrogens (tertiary/aromatic N) is 6. The highest BCUT2D eigenvalue weighted by Crippen LogP contribution is 2.36. The zero-order valence-corrected chi connectivity index (χ0v) is 18.8. The van der Waals surface area contributed by atoms with Crippen LogP contribution in [0.1, 0.15) is 36.2 Å². The molecule has 1 saturated carbocycles. The Kier molecular flexibility index (Phi) is 4.99. The second-order valence-electron chi connectivity index (χ2n) is 8.62. The monoisotopic (exact) mass is 464 g/mol. The molecule has 0 N–H and O–H groups in total. The number of anilines is 1. The Morgan fingerprint density at radius 1 is 1.15 bits per heavy atom. The van der Waals surface area contributed by atoms with Gasteiger partial charge in [-0.1, -0.05) is 11.6 Å². The van der Waals surface area contributed by atoms with Crippen LogP contribution in [0.3, 0.4) is 0 Å². The van der Waals surface area contributed by atoms with Crippen molar-refractivity contribution in [2.75, 3.05) is 24.6 Å². The van der Waals surface area contributed by atoms with E-state index in [-0.39, 0.29) is 6.10 Å². The molecule has 0 unspecified atom stereocenters. The van der Waals surface area contributed by atoms with Gasteiger partial charge in [-0.05, 0) is 38.0 Å². The first-order valence-corrected chi connectivity index (χ1v) is 11.4. The van der Waals surface area contributed by atoms with Crippen LogP contribution < -0.4 is 4.90 Å². The molecule has 0 spiro atoms. The lowest BCUT2D eigenvalue weighted by molar-refractivity contribution is 0.0395. The van der Waals surface area contributed by atoms with Crippen molar-refractivity contribution in [3.8, 4) is 11.3 Å². The number of halogens is 2. The van der Waals surface area contributed by atoms with Crippen molar-refractivity contribution in [2.24, 2.45) is 0 Å². The van der Waals surface area contributed by atoms with Gasteiger partial charge in [-0.25, -0.2) is 14.4 Å². The lowest BCUT2D eigenvalue weighted by atomic mass is 10.1. The van der Waals surface area contributed by atoms with Crippen LogP contribution in [0.5, 0.6) is 0 Å². The maximum absolute atomic E-state index is 14.9. The molecular formula is C24H22ClFN6O. The van der Waals surface area contributed by atoms with Crippen LogP contribution in [0, 0.1) is 12.7 Å². The van der Waals surface area contributed by atoms with E-state index in [1.165, 1.54) is 18.9 Å². The largest absolute Gasteiger partial charge is 0.370 e. The predicted octanol–water partition coefficient (Wildman–Crippen LogP) is 4.90. The zero-order chi connectivity index (χ0) is 22.5. The summed E-state index contributed by atoms with van der Waals surface area (Å²) in [6.45, 7) is 3.74. The van der Waals surface area contributed by atoms with Crippen LogP contribution in [0.25, 0.3) is 22.3 Å². The molecule has 0 bridgehead atoms. The van der Waals surface area contributed by atoms with E-state index in [2.05, 4.69) is 26.2 Å². The van der Waals surface area contributed by atoms with Gasteiger partial charge in [-0.15, -0.1) is 0 Å². The van der Waals surface area contributed by atoms with Gasteiger partial charge in [0, 0.05) is 47.7 Å². The van der Waals surface area contributed by atoms with Crippen LogP contribution in [0.4, 0.5) is 10.2 Å². The second-order valence-corrected chi connectivity index (χ2v) is 9.06. The van der Waals surface area contributed by atoms with Gasteiger partial charge in [0.15, 0.2) is 0 Å². The lowest BCUT2D eigenvalue weighted by Crippen LogP contribution is -2.38. The molecule has 3 aromatic heterocycles. The highest BCUT2D eigenvalue weighted by molar-refractivity contribution is 6.30. The summed E-state index contributed by atoms with van der Waals surface area (Å²) in [6.07, 6.45) is 7.91. The van der Waals surface area contributed by atoms with Gasteiger partial charge in [-0.3, -0.25) is 9.67 Å². The molecule has 1 aliphatic heterocycles. The fraction of sp³-hybridized carbons (Fsp3) is 0.333. The second kappa shape index (κ2) is 8.04. The molecule has 4 heterocycles. The number of ether oxygens (including phenoxy) is 1. The maximum atomic E-state index is 14.9. The number of benzene rings is 1. The average molecular weight is 465 g/mol. The predicted molar refractivity (Wildman–Crippen MR) is 124 cm³/mol. The van der Waals surface area contributed by atoms with E-state index in [9.17, 15) is 4.39 Å². The van der Waals surface area contributed by atoms with E-state index in [1.807, 2.05) is 23.9 Å². The number of aryl methyl sites for hydroxylation is 1. The fourth-order valence-corrected chi connectivity index (χ4v) is 4.41. The minimum absolute atomic E-state index is 0.108. The van der Waals surface area contributed by atoms with Gasteiger partial charge >= 0.3 is 0 Å². The first kappa shape index (κ1) is 20.5. The smallest absolute Gasteiger partial charge is 0.134 e. The molecule has 1 atom stereocenters. The third-order valence-electron chi connectivity index (χ3n) is 6.13. The van der Waals surface area contributed by atoms with Crippen molar-refractivity contribution in [1.82, 2.24) is 24.7 Å². The summed E-state index contributed by atoms with van der Waals surface area (Å²) in [7, 11) is 0. The SMILES string of the molecule is Cc1cnc2c(-c3ccc(Cl)cc3F)nc(N3CCO[C@@H](c4cnn(C5CC5)c4)C3)cc2n1. The molecule has 7 nitrogen and oxygen atoms in total. The van der Waals surface area contributed by atoms with Gasteiger partial charge in [0.2, 0.25) is 0 Å². The van der Waals surface area contributed by atoms with Gasteiger partial charge in [-0.2, -0.15) is 5.10 Å². The molecule has 2 aliphatic rings. The molecule has 6 rings (SSSR count). The van der Waals surface area contributed by atoms with E-state index < -0.39 is 5.82 Å². The minimum Gasteiger partial charge on any atom is -0.370 e. The molecule has 1 aromatic carbocycles. The van der Waals surface area contributed by atoms with Crippen LogP contribution in [0.2, 0.25) is 5.02 Å². The Balaban J connectivity index is 1.39. The Morgan fingerprint density at radius 3 is 2.85 bits per heavy atom. The maximum Gasteiger partial charge on any atom is 0.134 e. The van der Waals surface area contributed by atoms with E-state index in [0.717, 1.165) is 17.1 Å². The van der Waals surface area contributed by atoms with Crippen molar-refractivity contribution >= 4 is 28.5 Å². The third kappa shape index (κ3) is 3.94. The van der Waals surface area contributed by atoms with E-state index >= 15 is 0 Å². The third-order valence-corrected chi connectivity index (χ3v) is 6.36. The Morgan fingerprint density at radius 2 is 2.03 bits per heavy atom. The summed E-state index contributed by atoms with van der Waals surface area (Å²) in [6, 6.07) is 7.03. The molecule has 33 heavy (non-hydrogen) atoms. The summed E-state index contributed by atoms with van der Waals surface area (Å²) < 4.78 is 22.9. The van der Waals surface area contributed by atoms with Crippen LogP contribution >= 0.6 is 11.6 Å². The lowest BCUT2D eigenvalue weighted by Gasteiger charge is -2.33. The summed E-state index contributed by atoms with van der Waals surface area (Å²) in [5.74, 6) is 0.276. The summed E-state index contributed by atoms with van der Waals surface area (Å²) >= 11 is 5.98. The average Bonchev–Trinajstić information content (AvgIpc) is 3.54. The molecule has 4 aromatic rings. The topological polar surface area (TPSA) is 69.0 Å². The van der Waals surface area contributed by atoms with Crippen LogP contribution in [-0.2, 0) is 4.74 Å². The zero-order valence-electron chi connectivity index (χ0n) is 18.1. The molecule has 9 heteroatoms. The van der Waals surface area contributed by atoms with Gasteiger partial charge < -0.3 is 9.64 Å². The van der Waals surface area contributed by atoms with Crippen LogP contribution in [-0.4, -0.2) is 44.4 Å². The van der Waals surface area contributed by atoms with E-state index in [4.69, 9.17) is 21.3 Å².